The molecule has 0 spiro atoms. The van der Waals surface area contributed by atoms with Gasteiger partial charge in [-0.25, -0.2) is 0 Å². The molecule has 1 fully saturated rings. The molecule has 3 nitrogen and oxygen atoms in total. The number of ether oxygens (including phenoxy) is 1. The zero-order valence-electron chi connectivity index (χ0n) is 13.0. The molecule has 2 unspecified atom stereocenters. The van der Waals surface area contributed by atoms with Gasteiger partial charge < -0.3 is 15.0 Å². The molecule has 0 saturated carbocycles. The van der Waals surface area contributed by atoms with E-state index in [1.165, 1.54) is 11.3 Å². The second-order valence-corrected chi connectivity index (χ2v) is 7.16. The highest BCUT2D eigenvalue weighted by Crippen LogP contribution is 2.29. The number of thiophene rings is 1. The molecule has 0 aromatic carbocycles. The van der Waals surface area contributed by atoms with E-state index in [1.807, 2.05) is 11.3 Å². The van der Waals surface area contributed by atoms with Crippen molar-refractivity contribution in [2.75, 3.05) is 39.9 Å². The quantitative estimate of drug-likeness (QED) is 0.798. The molecule has 1 aromatic rings. The average molecular weight is 296 g/mol. The van der Waals surface area contributed by atoms with E-state index in [4.69, 9.17) is 4.74 Å². The van der Waals surface area contributed by atoms with Crippen molar-refractivity contribution < 1.29 is 4.74 Å². The minimum absolute atomic E-state index is 0.300. The van der Waals surface area contributed by atoms with Crippen LogP contribution >= 0.6 is 11.3 Å². The van der Waals surface area contributed by atoms with Gasteiger partial charge >= 0.3 is 0 Å². The number of hydrogen-bond acceptors (Lipinski definition) is 4. The molecule has 20 heavy (non-hydrogen) atoms. The highest BCUT2D eigenvalue weighted by atomic mass is 32.1. The lowest BCUT2D eigenvalue weighted by atomic mass is 9.86. The Morgan fingerprint density at radius 1 is 1.55 bits per heavy atom. The molecule has 1 aliphatic rings. The van der Waals surface area contributed by atoms with Crippen LogP contribution in [0.5, 0.6) is 0 Å². The highest BCUT2D eigenvalue weighted by Gasteiger charge is 2.36. The maximum Gasteiger partial charge on any atom is 0.0547 e. The monoisotopic (exact) mass is 296 g/mol. The summed E-state index contributed by atoms with van der Waals surface area (Å²) in [4.78, 5) is 3.99. The molecule has 1 saturated heterocycles. The molecule has 2 heterocycles. The van der Waals surface area contributed by atoms with Gasteiger partial charge in [0.05, 0.1) is 6.61 Å². The molecule has 114 valence electrons. The SMILES string of the molecule is CCNCC1(CN(C)C(C)Cc2cccs2)CCOC1. The van der Waals surface area contributed by atoms with E-state index in [9.17, 15) is 0 Å². The second kappa shape index (κ2) is 7.55. The Balaban J connectivity index is 1.88. The number of likely N-dealkylation sites (N-methyl/N-ethyl adjacent to an activating group) is 1. The Morgan fingerprint density at radius 2 is 2.40 bits per heavy atom. The first-order chi connectivity index (χ1) is 9.65. The van der Waals surface area contributed by atoms with Crippen molar-refractivity contribution in [3.8, 4) is 0 Å². The van der Waals surface area contributed by atoms with Crippen LogP contribution in [0.25, 0.3) is 0 Å². The van der Waals surface area contributed by atoms with E-state index in [-0.39, 0.29) is 0 Å². The van der Waals surface area contributed by atoms with Gasteiger partial charge in [-0.2, -0.15) is 0 Å². The molecule has 1 aromatic heterocycles. The Kier molecular flexibility index (Phi) is 6.02. The van der Waals surface area contributed by atoms with Gasteiger partial charge in [0.2, 0.25) is 0 Å². The number of hydrogen-bond donors (Lipinski definition) is 1. The third-order valence-electron chi connectivity index (χ3n) is 4.35. The van der Waals surface area contributed by atoms with E-state index < -0.39 is 0 Å². The summed E-state index contributed by atoms with van der Waals surface area (Å²) in [5.41, 5.74) is 0.300. The summed E-state index contributed by atoms with van der Waals surface area (Å²) in [6.45, 7) is 9.54. The van der Waals surface area contributed by atoms with Crippen molar-refractivity contribution >= 4 is 11.3 Å². The lowest BCUT2D eigenvalue weighted by molar-refractivity contribution is 0.105. The molecule has 1 aliphatic heterocycles. The fourth-order valence-corrected chi connectivity index (χ4v) is 3.75. The van der Waals surface area contributed by atoms with E-state index in [0.717, 1.165) is 39.3 Å². The van der Waals surface area contributed by atoms with Crippen LogP contribution in [-0.2, 0) is 11.2 Å². The van der Waals surface area contributed by atoms with Gasteiger partial charge in [0.15, 0.2) is 0 Å². The standard InChI is InChI=1S/C16H28N2OS/c1-4-17-11-16(7-8-19-13-16)12-18(3)14(2)10-15-6-5-9-20-15/h5-6,9,14,17H,4,7-8,10-13H2,1-3H3. The van der Waals surface area contributed by atoms with Crippen LogP contribution in [0, 0.1) is 5.41 Å². The van der Waals surface area contributed by atoms with Crippen LogP contribution in [0.4, 0.5) is 0 Å². The van der Waals surface area contributed by atoms with E-state index in [1.54, 1.807) is 0 Å². The van der Waals surface area contributed by atoms with Crippen LogP contribution in [-0.4, -0.2) is 50.8 Å². The number of nitrogens with one attached hydrogen (secondary N) is 1. The van der Waals surface area contributed by atoms with E-state index in [0.29, 0.717) is 11.5 Å². The second-order valence-electron chi connectivity index (χ2n) is 6.13. The summed E-state index contributed by atoms with van der Waals surface area (Å²) in [5, 5.41) is 5.68. The Bertz CT molecular complexity index is 374. The average Bonchev–Trinajstić information content (AvgIpc) is 3.08. The molecule has 4 heteroatoms. The topological polar surface area (TPSA) is 24.5 Å². The molecular formula is C16H28N2OS. The van der Waals surface area contributed by atoms with Crippen LogP contribution < -0.4 is 5.32 Å². The van der Waals surface area contributed by atoms with Crippen LogP contribution in [0.2, 0.25) is 0 Å². The Labute approximate surface area is 127 Å². The maximum absolute atomic E-state index is 5.68. The van der Waals surface area contributed by atoms with Crippen molar-refractivity contribution in [1.29, 1.82) is 0 Å². The first kappa shape index (κ1) is 16.0. The summed E-state index contributed by atoms with van der Waals surface area (Å²) >= 11 is 1.86. The predicted octanol–water partition coefficient (Wildman–Crippen LogP) is 2.63. The van der Waals surface area contributed by atoms with Gasteiger partial charge in [-0.15, -0.1) is 11.3 Å². The lowest BCUT2D eigenvalue weighted by Crippen LogP contribution is -2.46. The summed E-state index contributed by atoms with van der Waals surface area (Å²) in [7, 11) is 2.25. The third-order valence-corrected chi connectivity index (χ3v) is 5.25. The molecule has 2 atom stereocenters. The highest BCUT2D eigenvalue weighted by molar-refractivity contribution is 7.09. The minimum Gasteiger partial charge on any atom is -0.381 e. The minimum atomic E-state index is 0.300. The van der Waals surface area contributed by atoms with Crippen molar-refractivity contribution in [2.24, 2.45) is 5.41 Å². The van der Waals surface area contributed by atoms with Crippen molar-refractivity contribution in [2.45, 2.75) is 32.7 Å². The van der Waals surface area contributed by atoms with Crippen molar-refractivity contribution in [3.05, 3.63) is 22.4 Å². The van der Waals surface area contributed by atoms with E-state index >= 15 is 0 Å². The molecule has 0 radical (unpaired) electrons. The summed E-state index contributed by atoms with van der Waals surface area (Å²) < 4.78 is 5.68. The molecule has 2 rings (SSSR count). The van der Waals surface area contributed by atoms with Crippen LogP contribution in [0.3, 0.4) is 0 Å². The fraction of sp³-hybridized carbons (Fsp3) is 0.750. The first-order valence-corrected chi connectivity index (χ1v) is 8.54. The largest absolute Gasteiger partial charge is 0.381 e. The normalized spacial score (nSPS) is 24.4. The summed E-state index contributed by atoms with van der Waals surface area (Å²) in [6.07, 6.45) is 2.32. The zero-order chi connectivity index (χ0) is 14.4. The zero-order valence-corrected chi connectivity index (χ0v) is 13.8. The molecular weight excluding hydrogens is 268 g/mol. The van der Waals surface area contributed by atoms with Gasteiger partial charge in [0.1, 0.15) is 0 Å². The summed E-state index contributed by atoms with van der Waals surface area (Å²) in [6, 6.07) is 4.96. The van der Waals surface area contributed by atoms with Gasteiger partial charge in [-0.3, -0.25) is 0 Å². The molecule has 0 aliphatic carbocycles. The maximum atomic E-state index is 5.68. The fourth-order valence-electron chi connectivity index (χ4n) is 2.92. The molecule has 0 amide bonds. The Hall–Kier alpha value is -0.420. The van der Waals surface area contributed by atoms with Gasteiger partial charge in [0, 0.05) is 36.0 Å². The third kappa shape index (κ3) is 4.29. The summed E-state index contributed by atoms with van der Waals surface area (Å²) in [5.74, 6) is 0. The van der Waals surface area contributed by atoms with Crippen LogP contribution in [0.15, 0.2) is 17.5 Å². The van der Waals surface area contributed by atoms with Gasteiger partial charge in [0.25, 0.3) is 0 Å². The molecule has 0 bridgehead atoms. The van der Waals surface area contributed by atoms with Gasteiger partial charge in [-0.1, -0.05) is 13.0 Å². The smallest absolute Gasteiger partial charge is 0.0547 e. The first-order valence-electron chi connectivity index (χ1n) is 7.66. The van der Waals surface area contributed by atoms with Gasteiger partial charge in [-0.05, 0) is 44.8 Å². The predicted molar refractivity (Wildman–Crippen MR) is 86.5 cm³/mol. The van der Waals surface area contributed by atoms with Crippen molar-refractivity contribution in [1.82, 2.24) is 10.2 Å². The number of nitrogens with zero attached hydrogens (tertiary/aromatic N) is 1. The Morgan fingerprint density at radius 3 is 3.00 bits per heavy atom. The van der Waals surface area contributed by atoms with Crippen molar-refractivity contribution in [3.63, 3.8) is 0 Å². The van der Waals surface area contributed by atoms with Crippen LogP contribution in [0.1, 0.15) is 25.1 Å². The number of rotatable bonds is 8. The van der Waals surface area contributed by atoms with E-state index in [2.05, 4.69) is 48.6 Å². The molecule has 1 N–H and O–H groups in total. The lowest BCUT2D eigenvalue weighted by Gasteiger charge is -2.35.